The van der Waals surface area contributed by atoms with E-state index in [0.29, 0.717) is 47.3 Å². The minimum Gasteiger partial charge on any atom is -0.497 e. The van der Waals surface area contributed by atoms with E-state index >= 15 is 0 Å². The Bertz CT molecular complexity index is 1120. The zero-order valence-corrected chi connectivity index (χ0v) is 17.0. The molecule has 1 amide bonds. The summed E-state index contributed by atoms with van der Waals surface area (Å²) in [6.07, 6.45) is 3.70. The molecule has 0 saturated heterocycles. The van der Waals surface area contributed by atoms with Crippen LogP contribution >= 0.6 is 0 Å². The van der Waals surface area contributed by atoms with Crippen LogP contribution < -0.4 is 20.5 Å². The van der Waals surface area contributed by atoms with Crippen LogP contribution in [-0.2, 0) is 6.42 Å². The number of aromatic nitrogens is 4. The average molecular weight is 406 g/mol. The molecule has 9 heteroatoms. The second-order valence-electron chi connectivity index (χ2n) is 6.85. The molecule has 3 aromatic rings. The molecule has 0 spiro atoms. The van der Waals surface area contributed by atoms with E-state index in [0.717, 1.165) is 11.1 Å². The number of amides is 1. The first-order chi connectivity index (χ1) is 14.5. The van der Waals surface area contributed by atoms with Gasteiger partial charge >= 0.3 is 0 Å². The van der Waals surface area contributed by atoms with Crippen LogP contribution in [0, 0.1) is 6.92 Å². The molecule has 1 aliphatic heterocycles. The van der Waals surface area contributed by atoms with Crippen molar-refractivity contribution in [1.29, 1.82) is 0 Å². The molecule has 0 aliphatic carbocycles. The third kappa shape index (κ3) is 3.61. The lowest BCUT2D eigenvalue weighted by Crippen LogP contribution is -2.37. The molecule has 0 fully saturated rings. The number of anilines is 1. The van der Waals surface area contributed by atoms with Crippen LogP contribution in [0.4, 0.5) is 5.95 Å². The second-order valence-corrected chi connectivity index (χ2v) is 6.85. The molecule has 0 saturated carbocycles. The topological polar surface area (TPSA) is 125 Å². The van der Waals surface area contributed by atoms with E-state index in [1.54, 1.807) is 26.4 Å². The fourth-order valence-electron chi connectivity index (χ4n) is 3.64. The number of nitrogens with two attached hydrogens (primary N) is 1. The molecule has 1 atom stereocenters. The van der Waals surface area contributed by atoms with E-state index in [2.05, 4.69) is 25.3 Å². The highest BCUT2D eigenvalue weighted by Crippen LogP contribution is 2.35. The number of rotatable bonds is 5. The second kappa shape index (κ2) is 7.94. The molecule has 30 heavy (non-hydrogen) atoms. The van der Waals surface area contributed by atoms with Gasteiger partial charge < -0.3 is 20.5 Å². The van der Waals surface area contributed by atoms with Crippen LogP contribution in [0.25, 0.3) is 11.3 Å². The van der Waals surface area contributed by atoms with Crippen molar-refractivity contribution in [3.63, 3.8) is 0 Å². The monoisotopic (exact) mass is 406 g/mol. The summed E-state index contributed by atoms with van der Waals surface area (Å²) in [7, 11) is 1.60. The molecule has 1 aliphatic rings. The van der Waals surface area contributed by atoms with Crippen LogP contribution in [-0.4, -0.2) is 39.6 Å². The lowest BCUT2D eigenvalue weighted by atomic mass is 9.90. The van der Waals surface area contributed by atoms with Gasteiger partial charge in [0.25, 0.3) is 5.91 Å². The van der Waals surface area contributed by atoms with Crippen LogP contribution in [0.2, 0.25) is 0 Å². The Hall–Kier alpha value is -3.75. The number of hydrogen-bond donors (Lipinski definition) is 2. The van der Waals surface area contributed by atoms with Gasteiger partial charge in [-0.3, -0.25) is 9.78 Å². The molecule has 0 radical (unpaired) electrons. The van der Waals surface area contributed by atoms with Crippen molar-refractivity contribution in [3.05, 3.63) is 53.1 Å². The van der Waals surface area contributed by atoms with Crippen LogP contribution in [0.15, 0.2) is 30.6 Å². The van der Waals surface area contributed by atoms with E-state index in [9.17, 15) is 4.79 Å². The highest BCUT2D eigenvalue weighted by Gasteiger charge is 2.30. The van der Waals surface area contributed by atoms with Gasteiger partial charge in [-0.05, 0) is 31.5 Å². The average Bonchev–Trinajstić information content (AvgIpc) is 2.73. The van der Waals surface area contributed by atoms with Crippen molar-refractivity contribution in [2.24, 2.45) is 0 Å². The van der Waals surface area contributed by atoms with Gasteiger partial charge in [0.15, 0.2) is 0 Å². The predicted octanol–water partition coefficient (Wildman–Crippen LogP) is 2.26. The zero-order valence-electron chi connectivity index (χ0n) is 17.0. The number of carbonyl (C=O) groups excluding carboxylic acids is 1. The molecule has 0 bridgehead atoms. The summed E-state index contributed by atoms with van der Waals surface area (Å²) in [4.78, 5) is 30.0. The zero-order chi connectivity index (χ0) is 21.3. The number of nitrogen functional groups attached to an aromatic ring is 1. The first-order valence-corrected chi connectivity index (χ1v) is 9.57. The normalized spacial score (nSPS) is 15.3. The maximum Gasteiger partial charge on any atom is 0.255 e. The predicted molar refractivity (Wildman–Crippen MR) is 110 cm³/mol. The van der Waals surface area contributed by atoms with Crippen LogP contribution in [0.5, 0.6) is 11.6 Å². The summed E-state index contributed by atoms with van der Waals surface area (Å²) < 4.78 is 10.9. The van der Waals surface area contributed by atoms with Crippen LogP contribution in [0.3, 0.4) is 0 Å². The van der Waals surface area contributed by atoms with E-state index in [1.807, 2.05) is 25.1 Å². The SMILES string of the molecule is CCOc1cncc(-c2cc(OC)ccc2[C@H]2Cc3nc(N)nc(C)c3C(=O)N2)n1. The Morgan fingerprint density at radius 3 is 2.83 bits per heavy atom. The van der Waals surface area contributed by atoms with Crippen molar-refractivity contribution < 1.29 is 14.3 Å². The van der Waals surface area contributed by atoms with Crippen molar-refractivity contribution in [2.75, 3.05) is 19.5 Å². The standard InChI is InChI=1S/C21H22N6O3/c1-4-30-18-10-23-9-17(25-18)14-7-12(29-3)5-6-13(14)15-8-16-19(20(28)26-15)11(2)24-21(22)27-16/h5-7,9-10,15H,4,8H2,1-3H3,(H,26,28)(H2,22,24,27)/t15-/m1/s1. The number of hydrogen-bond acceptors (Lipinski definition) is 8. The summed E-state index contributed by atoms with van der Waals surface area (Å²) in [5.74, 6) is 1.03. The lowest BCUT2D eigenvalue weighted by molar-refractivity contribution is 0.0922. The number of fused-ring (bicyclic) bond motifs is 1. The Labute approximate surface area is 173 Å². The molecule has 0 unspecified atom stereocenters. The molecular weight excluding hydrogens is 384 g/mol. The van der Waals surface area contributed by atoms with Crippen molar-refractivity contribution in [2.45, 2.75) is 26.3 Å². The van der Waals surface area contributed by atoms with Gasteiger partial charge in [-0.15, -0.1) is 0 Å². The van der Waals surface area contributed by atoms with E-state index in [4.69, 9.17) is 15.2 Å². The van der Waals surface area contributed by atoms with Crippen molar-refractivity contribution >= 4 is 11.9 Å². The first-order valence-electron chi connectivity index (χ1n) is 9.57. The lowest BCUT2D eigenvalue weighted by Gasteiger charge is -2.27. The Kier molecular flexibility index (Phi) is 5.18. The van der Waals surface area contributed by atoms with E-state index < -0.39 is 0 Å². The molecule has 1 aromatic carbocycles. The molecule has 154 valence electrons. The molecule has 9 nitrogen and oxygen atoms in total. The summed E-state index contributed by atoms with van der Waals surface area (Å²) in [5.41, 5.74) is 9.77. The van der Waals surface area contributed by atoms with Gasteiger partial charge in [0.1, 0.15) is 5.75 Å². The van der Waals surface area contributed by atoms with Gasteiger partial charge in [-0.2, -0.15) is 0 Å². The number of nitrogens with zero attached hydrogens (tertiary/aromatic N) is 4. The van der Waals surface area contributed by atoms with Crippen LogP contribution in [0.1, 0.15) is 40.3 Å². The number of ether oxygens (including phenoxy) is 2. The summed E-state index contributed by atoms with van der Waals surface area (Å²) >= 11 is 0. The molecule has 2 aromatic heterocycles. The van der Waals surface area contributed by atoms with Gasteiger partial charge in [-0.25, -0.2) is 15.0 Å². The third-order valence-corrected chi connectivity index (χ3v) is 4.93. The summed E-state index contributed by atoms with van der Waals surface area (Å²) in [6, 6.07) is 5.31. The number of aryl methyl sites for hydroxylation is 1. The van der Waals surface area contributed by atoms with E-state index in [1.165, 1.54) is 0 Å². The molecular formula is C21H22N6O3. The number of benzene rings is 1. The maximum absolute atomic E-state index is 12.8. The van der Waals surface area contributed by atoms with Gasteiger partial charge in [-0.1, -0.05) is 6.07 Å². The van der Waals surface area contributed by atoms with Crippen molar-refractivity contribution in [3.8, 4) is 22.9 Å². The minimum atomic E-state index is -0.322. The Balaban J connectivity index is 1.80. The number of carbonyl (C=O) groups is 1. The number of methoxy groups -OCH3 is 1. The largest absolute Gasteiger partial charge is 0.497 e. The summed E-state index contributed by atoms with van der Waals surface area (Å²) in [6.45, 7) is 4.12. The Morgan fingerprint density at radius 2 is 2.07 bits per heavy atom. The number of nitrogens with one attached hydrogen (secondary N) is 1. The van der Waals surface area contributed by atoms with Gasteiger partial charge in [0.2, 0.25) is 11.8 Å². The smallest absolute Gasteiger partial charge is 0.255 e. The molecule has 4 rings (SSSR count). The third-order valence-electron chi connectivity index (χ3n) is 4.93. The maximum atomic E-state index is 12.8. The molecule has 3 heterocycles. The summed E-state index contributed by atoms with van der Waals surface area (Å²) in [5, 5.41) is 3.06. The fraction of sp³-hybridized carbons (Fsp3) is 0.286. The fourth-order valence-corrected chi connectivity index (χ4v) is 3.64. The highest BCUT2D eigenvalue weighted by atomic mass is 16.5. The van der Waals surface area contributed by atoms with Gasteiger partial charge in [0, 0.05) is 12.0 Å². The molecule has 3 N–H and O–H groups in total. The first kappa shape index (κ1) is 19.6. The van der Waals surface area contributed by atoms with Gasteiger partial charge in [0.05, 0.1) is 54.8 Å². The highest BCUT2D eigenvalue weighted by molar-refractivity contribution is 5.98. The quantitative estimate of drug-likeness (QED) is 0.661. The minimum absolute atomic E-state index is 0.157. The van der Waals surface area contributed by atoms with E-state index in [-0.39, 0.29) is 17.9 Å². The van der Waals surface area contributed by atoms with Crippen molar-refractivity contribution in [1.82, 2.24) is 25.3 Å². The Morgan fingerprint density at radius 1 is 1.23 bits per heavy atom.